The summed E-state index contributed by atoms with van der Waals surface area (Å²) in [5.41, 5.74) is 6.95. The summed E-state index contributed by atoms with van der Waals surface area (Å²) in [4.78, 5) is 0. The van der Waals surface area contributed by atoms with Crippen molar-refractivity contribution < 1.29 is 0 Å². The smallest absolute Gasteiger partial charge is 0.0792 e. The van der Waals surface area contributed by atoms with Crippen molar-refractivity contribution in [3.63, 3.8) is 0 Å². The van der Waals surface area contributed by atoms with Gasteiger partial charge in [-0.15, -0.1) is 0 Å². The molecule has 74 valence electrons. The van der Waals surface area contributed by atoms with Crippen molar-refractivity contribution in [2.45, 2.75) is 38.6 Å². The molecule has 1 heterocycles. The number of nitrogens with two attached hydrogens (primary N) is 1. The predicted molar refractivity (Wildman–Crippen MR) is 57.6 cm³/mol. The third kappa shape index (κ3) is 2.81. The third-order valence-electron chi connectivity index (χ3n) is 2.27. The lowest BCUT2D eigenvalue weighted by Gasteiger charge is -2.13. The maximum Gasteiger partial charge on any atom is 0.0792 e. The number of nitrogens with one attached hydrogen (secondary N) is 1. The van der Waals surface area contributed by atoms with Crippen LogP contribution >= 0.6 is 15.9 Å². The first-order chi connectivity index (χ1) is 6.15. The number of aromatic nitrogens is 2. The zero-order valence-electron chi connectivity index (χ0n) is 8.05. The highest BCUT2D eigenvalue weighted by Gasteiger charge is 2.14. The van der Waals surface area contributed by atoms with Gasteiger partial charge in [-0.25, -0.2) is 0 Å². The second-order valence-corrected chi connectivity index (χ2v) is 4.28. The SMILES string of the molecule is CCC(N)CC(C)c1n[nH]cc1Br. The number of nitrogens with zero attached hydrogens (tertiary/aromatic N) is 1. The van der Waals surface area contributed by atoms with Crippen molar-refractivity contribution in [2.24, 2.45) is 5.73 Å². The normalized spacial score (nSPS) is 15.7. The summed E-state index contributed by atoms with van der Waals surface area (Å²) >= 11 is 3.44. The summed E-state index contributed by atoms with van der Waals surface area (Å²) in [5.74, 6) is 0.413. The van der Waals surface area contributed by atoms with Crippen LogP contribution in [0.25, 0.3) is 0 Å². The van der Waals surface area contributed by atoms with E-state index in [1.54, 1.807) is 0 Å². The highest BCUT2D eigenvalue weighted by Crippen LogP contribution is 2.25. The Balaban J connectivity index is 2.58. The van der Waals surface area contributed by atoms with Crippen LogP contribution in [0.1, 0.15) is 38.3 Å². The molecule has 0 saturated carbocycles. The van der Waals surface area contributed by atoms with Gasteiger partial charge in [0.25, 0.3) is 0 Å². The third-order valence-corrected chi connectivity index (χ3v) is 2.90. The van der Waals surface area contributed by atoms with E-state index in [1.165, 1.54) is 0 Å². The minimum Gasteiger partial charge on any atom is -0.328 e. The lowest BCUT2D eigenvalue weighted by molar-refractivity contribution is 0.530. The molecule has 2 unspecified atom stereocenters. The van der Waals surface area contributed by atoms with Crippen LogP contribution in [-0.4, -0.2) is 16.2 Å². The van der Waals surface area contributed by atoms with E-state index in [0.717, 1.165) is 23.0 Å². The molecule has 0 saturated heterocycles. The Labute approximate surface area is 87.2 Å². The molecule has 0 radical (unpaired) electrons. The molecule has 3 N–H and O–H groups in total. The minimum absolute atomic E-state index is 0.276. The largest absolute Gasteiger partial charge is 0.328 e. The lowest BCUT2D eigenvalue weighted by Crippen LogP contribution is -2.21. The average molecular weight is 246 g/mol. The monoisotopic (exact) mass is 245 g/mol. The fourth-order valence-electron chi connectivity index (χ4n) is 1.36. The van der Waals surface area contributed by atoms with E-state index in [4.69, 9.17) is 5.73 Å². The lowest BCUT2D eigenvalue weighted by atomic mass is 9.98. The van der Waals surface area contributed by atoms with Crippen LogP contribution in [0.5, 0.6) is 0 Å². The van der Waals surface area contributed by atoms with Crippen LogP contribution in [0.2, 0.25) is 0 Å². The number of rotatable bonds is 4. The van der Waals surface area contributed by atoms with Gasteiger partial charge in [0.15, 0.2) is 0 Å². The van der Waals surface area contributed by atoms with Gasteiger partial charge in [0.05, 0.1) is 10.2 Å². The van der Waals surface area contributed by atoms with Gasteiger partial charge in [0, 0.05) is 18.2 Å². The molecule has 0 aromatic carbocycles. The summed E-state index contributed by atoms with van der Waals surface area (Å²) in [6, 6.07) is 0.276. The Morgan fingerprint density at radius 2 is 2.38 bits per heavy atom. The Morgan fingerprint density at radius 3 is 2.85 bits per heavy atom. The number of aromatic amines is 1. The Morgan fingerprint density at radius 1 is 1.69 bits per heavy atom. The van der Waals surface area contributed by atoms with Crippen LogP contribution in [0.15, 0.2) is 10.7 Å². The van der Waals surface area contributed by atoms with Crippen LogP contribution in [0.4, 0.5) is 0 Å². The van der Waals surface area contributed by atoms with Gasteiger partial charge in [-0.2, -0.15) is 5.10 Å². The van der Waals surface area contributed by atoms with Gasteiger partial charge < -0.3 is 5.73 Å². The van der Waals surface area contributed by atoms with Gasteiger partial charge in [0.1, 0.15) is 0 Å². The second-order valence-electron chi connectivity index (χ2n) is 3.42. The maximum atomic E-state index is 5.88. The van der Waals surface area contributed by atoms with Crippen molar-refractivity contribution in [3.8, 4) is 0 Å². The molecular formula is C9H16BrN3. The minimum atomic E-state index is 0.276. The van der Waals surface area contributed by atoms with E-state index < -0.39 is 0 Å². The first-order valence-electron chi connectivity index (χ1n) is 4.59. The van der Waals surface area contributed by atoms with E-state index in [1.807, 2.05) is 6.20 Å². The first-order valence-corrected chi connectivity index (χ1v) is 5.39. The van der Waals surface area contributed by atoms with Crippen molar-refractivity contribution in [2.75, 3.05) is 0 Å². The van der Waals surface area contributed by atoms with Crippen LogP contribution in [-0.2, 0) is 0 Å². The van der Waals surface area contributed by atoms with Crippen molar-refractivity contribution in [1.82, 2.24) is 10.2 Å². The molecule has 1 aromatic rings. The Hall–Kier alpha value is -0.350. The van der Waals surface area contributed by atoms with E-state index in [9.17, 15) is 0 Å². The van der Waals surface area contributed by atoms with Crippen LogP contribution in [0, 0.1) is 0 Å². The molecule has 0 amide bonds. The Bertz CT molecular complexity index is 259. The molecular weight excluding hydrogens is 230 g/mol. The molecule has 0 spiro atoms. The van der Waals surface area contributed by atoms with Gasteiger partial charge in [-0.3, -0.25) is 5.10 Å². The summed E-state index contributed by atoms with van der Waals surface area (Å²) in [5, 5.41) is 7.01. The van der Waals surface area contributed by atoms with Crippen molar-refractivity contribution in [1.29, 1.82) is 0 Å². The van der Waals surface area contributed by atoms with Gasteiger partial charge >= 0.3 is 0 Å². The number of hydrogen-bond acceptors (Lipinski definition) is 2. The van der Waals surface area contributed by atoms with Crippen LogP contribution in [0.3, 0.4) is 0 Å². The van der Waals surface area contributed by atoms with Gasteiger partial charge in [-0.1, -0.05) is 13.8 Å². The molecule has 1 aromatic heterocycles. The molecule has 0 bridgehead atoms. The van der Waals surface area contributed by atoms with Crippen molar-refractivity contribution >= 4 is 15.9 Å². The predicted octanol–water partition coefficient (Wildman–Crippen LogP) is 2.40. The molecule has 0 fully saturated rings. The van der Waals surface area contributed by atoms with Gasteiger partial charge in [-0.05, 0) is 28.8 Å². The molecule has 4 heteroatoms. The summed E-state index contributed by atoms with van der Waals surface area (Å²) in [6.07, 6.45) is 3.86. The first kappa shape index (κ1) is 10.7. The van der Waals surface area contributed by atoms with E-state index >= 15 is 0 Å². The highest BCUT2D eigenvalue weighted by atomic mass is 79.9. The van der Waals surface area contributed by atoms with Gasteiger partial charge in [0.2, 0.25) is 0 Å². The molecule has 0 aliphatic rings. The summed E-state index contributed by atoms with van der Waals surface area (Å²) < 4.78 is 1.04. The van der Waals surface area contributed by atoms with Crippen molar-refractivity contribution in [3.05, 3.63) is 16.4 Å². The molecule has 0 aliphatic heterocycles. The number of H-pyrrole nitrogens is 1. The molecule has 2 atom stereocenters. The fourth-order valence-corrected chi connectivity index (χ4v) is 1.95. The molecule has 1 rings (SSSR count). The zero-order valence-corrected chi connectivity index (χ0v) is 9.63. The quantitative estimate of drug-likeness (QED) is 0.857. The topological polar surface area (TPSA) is 54.7 Å². The fraction of sp³-hybridized carbons (Fsp3) is 0.667. The number of halogens is 1. The van der Waals surface area contributed by atoms with E-state index in [2.05, 4.69) is 40.0 Å². The molecule has 0 aliphatic carbocycles. The van der Waals surface area contributed by atoms with E-state index in [-0.39, 0.29) is 6.04 Å². The average Bonchev–Trinajstić information content (AvgIpc) is 2.51. The highest BCUT2D eigenvalue weighted by molar-refractivity contribution is 9.10. The van der Waals surface area contributed by atoms with E-state index in [0.29, 0.717) is 5.92 Å². The summed E-state index contributed by atoms with van der Waals surface area (Å²) in [7, 11) is 0. The molecule has 3 nitrogen and oxygen atoms in total. The maximum absolute atomic E-state index is 5.88. The van der Waals surface area contributed by atoms with Crippen LogP contribution < -0.4 is 5.73 Å². The number of hydrogen-bond donors (Lipinski definition) is 2. The second kappa shape index (κ2) is 4.77. The standard InChI is InChI=1S/C9H16BrN3/c1-3-7(11)4-6(2)9-8(10)5-12-13-9/h5-7H,3-4,11H2,1-2H3,(H,12,13). The summed E-state index contributed by atoms with van der Waals surface area (Å²) in [6.45, 7) is 4.26. The Kier molecular flexibility index (Phi) is 3.93. The zero-order chi connectivity index (χ0) is 9.84. The molecule has 13 heavy (non-hydrogen) atoms.